The van der Waals surface area contributed by atoms with Crippen LogP contribution < -0.4 is 0 Å². The van der Waals surface area contributed by atoms with Crippen molar-refractivity contribution in [3.8, 4) is 0 Å². The normalized spacial score (nSPS) is 15.9. The van der Waals surface area contributed by atoms with Crippen LogP contribution in [0.1, 0.15) is 19.8 Å². The molecule has 0 saturated carbocycles. The van der Waals surface area contributed by atoms with Crippen LogP contribution in [0, 0.1) is 5.92 Å². The van der Waals surface area contributed by atoms with E-state index in [2.05, 4.69) is 6.58 Å². The molecule has 2 heteroatoms. The van der Waals surface area contributed by atoms with E-state index >= 15 is 0 Å². The van der Waals surface area contributed by atoms with Gasteiger partial charge in [0.1, 0.15) is 0 Å². The van der Waals surface area contributed by atoms with Crippen LogP contribution in [0.4, 0.5) is 0 Å². The van der Waals surface area contributed by atoms with Gasteiger partial charge in [0.15, 0.2) is 0 Å². The molecular formula is C9H18O2. The third kappa shape index (κ3) is 6.07. The Balaban J connectivity index is 3.34. The molecule has 0 saturated heterocycles. The molecule has 0 rings (SSSR count). The van der Waals surface area contributed by atoms with Crippen LogP contribution in [-0.4, -0.2) is 24.9 Å². The van der Waals surface area contributed by atoms with E-state index in [1.165, 1.54) is 0 Å². The van der Waals surface area contributed by atoms with Gasteiger partial charge in [0.05, 0.1) is 6.10 Å². The van der Waals surface area contributed by atoms with Crippen LogP contribution in [0.2, 0.25) is 0 Å². The molecule has 2 unspecified atom stereocenters. The molecule has 1 N–H and O–H groups in total. The smallest absolute Gasteiger partial charge is 0.0567 e. The lowest BCUT2D eigenvalue weighted by Crippen LogP contribution is -2.12. The highest BCUT2D eigenvalue weighted by Crippen LogP contribution is 2.08. The number of hydrogen-bond donors (Lipinski definition) is 1. The SMILES string of the molecule is C=CC(C)CC(O)CCOC. The van der Waals surface area contributed by atoms with Gasteiger partial charge < -0.3 is 9.84 Å². The topological polar surface area (TPSA) is 29.5 Å². The van der Waals surface area contributed by atoms with Gasteiger partial charge in [-0.05, 0) is 18.8 Å². The number of aliphatic hydroxyl groups is 1. The van der Waals surface area contributed by atoms with E-state index in [0.29, 0.717) is 18.9 Å². The average molecular weight is 158 g/mol. The van der Waals surface area contributed by atoms with Gasteiger partial charge in [0.2, 0.25) is 0 Å². The fourth-order valence-electron chi connectivity index (χ4n) is 0.897. The Kier molecular flexibility index (Phi) is 6.18. The van der Waals surface area contributed by atoms with E-state index in [9.17, 15) is 5.11 Å². The molecule has 2 nitrogen and oxygen atoms in total. The van der Waals surface area contributed by atoms with Crippen molar-refractivity contribution in [1.82, 2.24) is 0 Å². The minimum atomic E-state index is -0.247. The van der Waals surface area contributed by atoms with E-state index in [1.807, 2.05) is 13.0 Å². The van der Waals surface area contributed by atoms with Crippen molar-refractivity contribution in [2.75, 3.05) is 13.7 Å². The Labute approximate surface area is 68.9 Å². The molecule has 0 radical (unpaired) electrons. The Morgan fingerprint density at radius 2 is 2.27 bits per heavy atom. The summed E-state index contributed by atoms with van der Waals surface area (Å²) in [7, 11) is 1.64. The Morgan fingerprint density at radius 1 is 1.64 bits per heavy atom. The first-order valence-electron chi connectivity index (χ1n) is 4.00. The summed E-state index contributed by atoms with van der Waals surface area (Å²) in [5, 5.41) is 9.35. The summed E-state index contributed by atoms with van der Waals surface area (Å²) in [6.07, 6.45) is 3.11. The second-order valence-electron chi connectivity index (χ2n) is 2.88. The largest absolute Gasteiger partial charge is 0.393 e. The molecule has 0 spiro atoms. The van der Waals surface area contributed by atoms with Crippen LogP contribution in [0.25, 0.3) is 0 Å². The zero-order valence-corrected chi connectivity index (χ0v) is 7.42. The summed E-state index contributed by atoms with van der Waals surface area (Å²) in [6.45, 7) is 6.33. The second kappa shape index (κ2) is 6.38. The molecule has 66 valence electrons. The van der Waals surface area contributed by atoms with Crippen molar-refractivity contribution in [3.63, 3.8) is 0 Å². The summed E-state index contributed by atoms with van der Waals surface area (Å²) in [6, 6.07) is 0. The summed E-state index contributed by atoms with van der Waals surface area (Å²) < 4.78 is 4.84. The second-order valence-corrected chi connectivity index (χ2v) is 2.88. The zero-order valence-electron chi connectivity index (χ0n) is 7.42. The van der Waals surface area contributed by atoms with Crippen molar-refractivity contribution < 1.29 is 9.84 Å². The number of allylic oxidation sites excluding steroid dienone is 1. The maximum atomic E-state index is 9.35. The molecular weight excluding hydrogens is 140 g/mol. The fourth-order valence-corrected chi connectivity index (χ4v) is 0.897. The molecule has 0 aliphatic heterocycles. The number of hydrogen-bond acceptors (Lipinski definition) is 2. The van der Waals surface area contributed by atoms with Crippen LogP contribution in [-0.2, 0) is 4.74 Å². The Morgan fingerprint density at radius 3 is 2.73 bits per heavy atom. The lowest BCUT2D eigenvalue weighted by molar-refractivity contribution is 0.0975. The van der Waals surface area contributed by atoms with Crippen molar-refractivity contribution in [2.24, 2.45) is 5.92 Å². The Hall–Kier alpha value is -0.340. The first kappa shape index (κ1) is 10.7. The Bertz CT molecular complexity index is 102. The maximum Gasteiger partial charge on any atom is 0.0567 e. The number of aliphatic hydroxyl groups excluding tert-OH is 1. The van der Waals surface area contributed by atoms with E-state index in [0.717, 1.165) is 6.42 Å². The van der Waals surface area contributed by atoms with Gasteiger partial charge in [-0.3, -0.25) is 0 Å². The van der Waals surface area contributed by atoms with Crippen LogP contribution >= 0.6 is 0 Å². The van der Waals surface area contributed by atoms with Gasteiger partial charge in [-0.25, -0.2) is 0 Å². The maximum absolute atomic E-state index is 9.35. The molecule has 0 fully saturated rings. The first-order chi connectivity index (χ1) is 5.20. The lowest BCUT2D eigenvalue weighted by atomic mass is 10.0. The number of rotatable bonds is 6. The van der Waals surface area contributed by atoms with Crippen molar-refractivity contribution >= 4 is 0 Å². The van der Waals surface area contributed by atoms with Crippen LogP contribution in [0.3, 0.4) is 0 Å². The average Bonchev–Trinajstić information content (AvgIpc) is 2.00. The molecule has 2 atom stereocenters. The van der Waals surface area contributed by atoms with Gasteiger partial charge in [-0.2, -0.15) is 0 Å². The van der Waals surface area contributed by atoms with Crippen molar-refractivity contribution in [3.05, 3.63) is 12.7 Å². The molecule has 0 amide bonds. The van der Waals surface area contributed by atoms with E-state index in [1.54, 1.807) is 7.11 Å². The fraction of sp³-hybridized carbons (Fsp3) is 0.778. The first-order valence-corrected chi connectivity index (χ1v) is 4.00. The summed E-state index contributed by atoms with van der Waals surface area (Å²) in [5.74, 6) is 0.391. The monoisotopic (exact) mass is 158 g/mol. The van der Waals surface area contributed by atoms with Gasteiger partial charge in [0.25, 0.3) is 0 Å². The molecule has 0 aliphatic rings. The van der Waals surface area contributed by atoms with E-state index in [-0.39, 0.29) is 6.10 Å². The standard InChI is InChI=1S/C9H18O2/c1-4-8(2)7-9(10)5-6-11-3/h4,8-10H,1,5-7H2,2-3H3. The molecule has 0 aromatic carbocycles. The lowest BCUT2D eigenvalue weighted by Gasteiger charge is -2.12. The molecule has 0 aromatic rings. The summed E-state index contributed by atoms with van der Waals surface area (Å²) in [4.78, 5) is 0. The van der Waals surface area contributed by atoms with Crippen LogP contribution in [0.15, 0.2) is 12.7 Å². The van der Waals surface area contributed by atoms with Crippen LogP contribution in [0.5, 0.6) is 0 Å². The van der Waals surface area contributed by atoms with Gasteiger partial charge >= 0.3 is 0 Å². The minimum Gasteiger partial charge on any atom is -0.393 e. The van der Waals surface area contributed by atoms with Gasteiger partial charge in [-0.15, -0.1) is 6.58 Å². The third-order valence-electron chi connectivity index (χ3n) is 1.70. The van der Waals surface area contributed by atoms with E-state index in [4.69, 9.17) is 4.74 Å². The molecule has 0 heterocycles. The summed E-state index contributed by atoms with van der Waals surface area (Å²) in [5.41, 5.74) is 0. The molecule has 11 heavy (non-hydrogen) atoms. The van der Waals surface area contributed by atoms with Gasteiger partial charge in [0, 0.05) is 13.7 Å². The number of methoxy groups -OCH3 is 1. The predicted molar refractivity (Wildman–Crippen MR) is 46.5 cm³/mol. The predicted octanol–water partition coefficient (Wildman–Crippen LogP) is 1.60. The van der Waals surface area contributed by atoms with Crippen molar-refractivity contribution in [2.45, 2.75) is 25.9 Å². The molecule has 0 bridgehead atoms. The molecule has 0 aromatic heterocycles. The minimum absolute atomic E-state index is 0.247. The zero-order chi connectivity index (χ0) is 8.69. The summed E-state index contributed by atoms with van der Waals surface area (Å²) >= 11 is 0. The third-order valence-corrected chi connectivity index (χ3v) is 1.70. The van der Waals surface area contributed by atoms with Gasteiger partial charge in [-0.1, -0.05) is 13.0 Å². The quantitative estimate of drug-likeness (QED) is 0.595. The number of ether oxygens (including phenoxy) is 1. The highest BCUT2D eigenvalue weighted by atomic mass is 16.5. The highest BCUT2D eigenvalue weighted by Gasteiger charge is 2.06. The highest BCUT2D eigenvalue weighted by molar-refractivity contribution is 4.77. The van der Waals surface area contributed by atoms with Crippen molar-refractivity contribution in [1.29, 1.82) is 0 Å². The van der Waals surface area contributed by atoms with E-state index < -0.39 is 0 Å². The molecule has 0 aliphatic carbocycles.